The molecule has 0 saturated carbocycles. The second-order valence-corrected chi connectivity index (χ2v) is 8.03. The van der Waals surface area contributed by atoms with Crippen LogP contribution in [0.25, 0.3) is 10.9 Å². The monoisotopic (exact) mass is 420 g/mol. The Hall–Kier alpha value is -3.05. The summed E-state index contributed by atoms with van der Waals surface area (Å²) in [6.45, 7) is 5.42. The van der Waals surface area contributed by atoms with Crippen LogP contribution in [0.3, 0.4) is 0 Å². The molecule has 152 valence electrons. The molecule has 5 rings (SSSR count). The van der Waals surface area contributed by atoms with Crippen LogP contribution in [0.5, 0.6) is 0 Å². The zero-order valence-electron chi connectivity index (χ0n) is 16.8. The first-order valence-corrected chi connectivity index (χ1v) is 10.5. The van der Waals surface area contributed by atoms with E-state index in [1.165, 1.54) is 0 Å². The van der Waals surface area contributed by atoms with Gasteiger partial charge in [-0.1, -0.05) is 41.9 Å². The number of fused-ring (bicyclic) bond motifs is 2. The summed E-state index contributed by atoms with van der Waals surface area (Å²) in [6.07, 6.45) is 0. The maximum Gasteiger partial charge on any atom is 0.336 e. The van der Waals surface area contributed by atoms with Crippen LogP contribution < -0.4 is 10.3 Å². The van der Waals surface area contributed by atoms with Crippen LogP contribution in [-0.2, 0) is 16.1 Å². The lowest BCUT2D eigenvalue weighted by molar-refractivity contribution is -0.138. The molecule has 6 heteroatoms. The fraction of sp³-hybridized carbons (Fsp3) is 0.250. The van der Waals surface area contributed by atoms with Gasteiger partial charge in [0, 0.05) is 29.2 Å². The second-order valence-electron chi connectivity index (χ2n) is 7.59. The van der Waals surface area contributed by atoms with Gasteiger partial charge in [-0.15, -0.1) is 0 Å². The molecular formula is C24H21ClN2O3. The molecule has 5 nitrogen and oxygen atoms in total. The van der Waals surface area contributed by atoms with E-state index >= 15 is 0 Å². The van der Waals surface area contributed by atoms with Crippen LogP contribution in [0.1, 0.15) is 30.9 Å². The highest BCUT2D eigenvalue weighted by Gasteiger charge is 2.42. The normalized spacial score (nSPS) is 17.4. The molecule has 0 radical (unpaired) electrons. The molecule has 1 aromatic heterocycles. The molecule has 0 fully saturated rings. The molecule has 2 aliphatic rings. The average Bonchev–Trinajstić information content (AvgIpc) is 3.19. The van der Waals surface area contributed by atoms with Gasteiger partial charge in [0.15, 0.2) is 5.43 Å². The summed E-state index contributed by atoms with van der Waals surface area (Å²) in [7, 11) is 0. The van der Waals surface area contributed by atoms with Crippen LogP contribution in [0.15, 0.2) is 64.6 Å². The number of halogens is 1. The van der Waals surface area contributed by atoms with Crippen molar-refractivity contribution >= 4 is 34.3 Å². The summed E-state index contributed by atoms with van der Waals surface area (Å²) in [4.78, 5) is 28.9. The molecule has 0 saturated heterocycles. The van der Waals surface area contributed by atoms with Gasteiger partial charge in [-0.25, -0.2) is 4.79 Å². The predicted octanol–water partition coefficient (Wildman–Crippen LogP) is 4.46. The minimum Gasteiger partial charge on any atom is -0.463 e. The summed E-state index contributed by atoms with van der Waals surface area (Å²) < 4.78 is 7.57. The smallest absolute Gasteiger partial charge is 0.336 e. The van der Waals surface area contributed by atoms with Gasteiger partial charge < -0.3 is 14.2 Å². The third-order valence-electron chi connectivity index (χ3n) is 6.04. The van der Waals surface area contributed by atoms with E-state index in [0.717, 1.165) is 22.6 Å². The number of anilines is 1. The van der Waals surface area contributed by atoms with Crippen molar-refractivity contribution in [3.63, 3.8) is 0 Å². The van der Waals surface area contributed by atoms with Gasteiger partial charge in [0.05, 0.1) is 29.2 Å². The maximum absolute atomic E-state index is 13.8. The Labute approximate surface area is 179 Å². The van der Waals surface area contributed by atoms with Crippen LogP contribution in [0, 0.1) is 0 Å². The van der Waals surface area contributed by atoms with Crippen molar-refractivity contribution < 1.29 is 9.53 Å². The summed E-state index contributed by atoms with van der Waals surface area (Å²) in [6, 6.07) is 15.1. The standard InChI is InChI=1S/C24H21ClN2O3/c1-3-30-24(29)19-14(2)26-11-12-27-18-13-16(25)9-10-17(18)22(28)21(23(26)27)20(19)15-7-5-4-6-8-15/h4-10,13,20H,3,11-12H2,1-2H3. The average molecular weight is 421 g/mol. The van der Waals surface area contributed by atoms with Gasteiger partial charge >= 0.3 is 5.97 Å². The highest BCUT2D eigenvalue weighted by molar-refractivity contribution is 6.31. The number of carbonyl (C=O) groups excluding carboxylic acids is 1. The van der Waals surface area contributed by atoms with Crippen molar-refractivity contribution in [2.45, 2.75) is 26.3 Å². The van der Waals surface area contributed by atoms with Crippen molar-refractivity contribution in [1.29, 1.82) is 0 Å². The summed E-state index contributed by atoms with van der Waals surface area (Å²) >= 11 is 6.25. The molecule has 30 heavy (non-hydrogen) atoms. The molecule has 0 spiro atoms. The van der Waals surface area contributed by atoms with Gasteiger partial charge in [-0.05, 0) is 37.6 Å². The van der Waals surface area contributed by atoms with Crippen molar-refractivity contribution in [2.75, 3.05) is 18.1 Å². The zero-order chi connectivity index (χ0) is 21.0. The largest absolute Gasteiger partial charge is 0.463 e. The SMILES string of the molecule is CCOC(=O)C1=C(C)N2CCn3c2c(c(=O)c2ccc(Cl)cc23)C1c1ccccc1. The van der Waals surface area contributed by atoms with Crippen molar-refractivity contribution in [3.05, 3.63) is 86.2 Å². The van der Waals surface area contributed by atoms with E-state index in [1.807, 2.05) is 43.3 Å². The number of allylic oxidation sites excluding steroid dienone is 1. The second kappa shape index (κ2) is 7.03. The zero-order valence-corrected chi connectivity index (χ0v) is 17.6. The van der Waals surface area contributed by atoms with Crippen molar-refractivity contribution in [3.8, 4) is 0 Å². The lowest BCUT2D eigenvalue weighted by atomic mass is 9.80. The van der Waals surface area contributed by atoms with Crippen LogP contribution in [-0.4, -0.2) is 23.7 Å². The predicted molar refractivity (Wildman–Crippen MR) is 118 cm³/mol. The minimum absolute atomic E-state index is 0.0667. The number of hydrogen-bond acceptors (Lipinski definition) is 4. The first-order chi connectivity index (χ1) is 14.5. The quantitative estimate of drug-likeness (QED) is 0.587. The maximum atomic E-state index is 13.8. The van der Waals surface area contributed by atoms with Crippen LogP contribution in [0.2, 0.25) is 5.02 Å². The lowest BCUT2D eigenvalue weighted by Gasteiger charge is -2.34. The molecule has 1 atom stereocenters. The van der Waals surface area contributed by atoms with E-state index in [4.69, 9.17) is 16.3 Å². The highest BCUT2D eigenvalue weighted by Crippen LogP contribution is 2.46. The van der Waals surface area contributed by atoms with E-state index in [-0.39, 0.29) is 18.0 Å². The third kappa shape index (κ3) is 2.62. The Balaban J connectivity index is 1.89. The van der Waals surface area contributed by atoms with Crippen LogP contribution >= 0.6 is 11.6 Å². The third-order valence-corrected chi connectivity index (χ3v) is 6.27. The molecule has 2 aliphatic heterocycles. The van der Waals surface area contributed by atoms with E-state index in [0.29, 0.717) is 34.6 Å². The summed E-state index contributed by atoms with van der Waals surface area (Å²) in [5, 5.41) is 1.21. The molecule has 0 N–H and O–H groups in total. The van der Waals surface area contributed by atoms with Gasteiger partial charge in [-0.3, -0.25) is 4.79 Å². The number of ether oxygens (including phenoxy) is 1. The number of esters is 1. The Bertz CT molecular complexity index is 1280. The summed E-state index contributed by atoms with van der Waals surface area (Å²) in [5.41, 5.74) is 3.66. The van der Waals surface area contributed by atoms with Crippen molar-refractivity contribution in [2.24, 2.45) is 0 Å². The Morgan fingerprint density at radius 3 is 2.67 bits per heavy atom. The molecule has 0 bridgehead atoms. The number of nitrogens with zero attached hydrogens (tertiary/aromatic N) is 2. The molecule has 3 aromatic rings. The topological polar surface area (TPSA) is 51.5 Å². The van der Waals surface area contributed by atoms with Gasteiger partial charge in [0.25, 0.3) is 0 Å². The Morgan fingerprint density at radius 1 is 1.17 bits per heavy atom. The van der Waals surface area contributed by atoms with E-state index in [1.54, 1.807) is 19.1 Å². The Morgan fingerprint density at radius 2 is 1.93 bits per heavy atom. The number of carbonyl (C=O) groups is 1. The first-order valence-electron chi connectivity index (χ1n) is 10.1. The van der Waals surface area contributed by atoms with Gasteiger partial charge in [0.2, 0.25) is 0 Å². The fourth-order valence-electron chi connectivity index (χ4n) is 4.79. The molecule has 1 unspecified atom stereocenters. The highest BCUT2D eigenvalue weighted by atomic mass is 35.5. The van der Waals surface area contributed by atoms with Gasteiger partial charge in [0.1, 0.15) is 5.82 Å². The molecule has 2 aromatic carbocycles. The number of hydrogen-bond donors (Lipinski definition) is 0. The first kappa shape index (κ1) is 18.9. The fourth-order valence-corrected chi connectivity index (χ4v) is 4.95. The lowest BCUT2D eigenvalue weighted by Crippen LogP contribution is -2.35. The molecular weight excluding hydrogens is 400 g/mol. The van der Waals surface area contributed by atoms with Crippen LogP contribution in [0.4, 0.5) is 5.82 Å². The number of benzene rings is 2. The number of rotatable bonds is 3. The van der Waals surface area contributed by atoms with E-state index in [2.05, 4.69) is 9.47 Å². The number of pyridine rings is 1. The summed E-state index contributed by atoms with van der Waals surface area (Å²) in [5.74, 6) is 0.00570. The number of aromatic nitrogens is 1. The molecule has 3 heterocycles. The minimum atomic E-state index is -0.478. The van der Waals surface area contributed by atoms with Gasteiger partial charge in [-0.2, -0.15) is 0 Å². The molecule has 0 aliphatic carbocycles. The molecule has 0 amide bonds. The van der Waals surface area contributed by atoms with E-state index in [9.17, 15) is 9.59 Å². The van der Waals surface area contributed by atoms with Crippen molar-refractivity contribution in [1.82, 2.24) is 4.57 Å². The Kier molecular flexibility index (Phi) is 4.44. The van der Waals surface area contributed by atoms with E-state index < -0.39 is 5.92 Å².